The Hall–Kier alpha value is -1.36. The van der Waals surface area contributed by atoms with E-state index in [0.29, 0.717) is 18.9 Å². The fourth-order valence-corrected chi connectivity index (χ4v) is 2.83. The van der Waals surface area contributed by atoms with Gasteiger partial charge in [-0.3, -0.25) is 9.59 Å². The van der Waals surface area contributed by atoms with Crippen molar-refractivity contribution in [2.75, 3.05) is 6.54 Å². The van der Waals surface area contributed by atoms with Crippen LogP contribution >= 0.6 is 11.3 Å². The van der Waals surface area contributed by atoms with E-state index in [0.717, 1.165) is 17.7 Å². The number of carbonyl (C=O) groups excluding carboxylic acids is 2. The van der Waals surface area contributed by atoms with Crippen molar-refractivity contribution in [3.05, 3.63) is 22.4 Å². The minimum Gasteiger partial charge on any atom is -0.356 e. The Morgan fingerprint density at radius 2 is 2.00 bits per heavy atom. The molecule has 2 N–H and O–H groups in total. The predicted octanol–water partition coefficient (Wildman–Crippen LogP) is 2.87. The quantitative estimate of drug-likeness (QED) is 0.775. The van der Waals surface area contributed by atoms with E-state index in [-0.39, 0.29) is 17.9 Å². The van der Waals surface area contributed by atoms with Crippen LogP contribution in [0.2, 0.25) is 0 Å². The number of thiophene rings is 1. The summed E-state index contributed by atoms with van der Waals surface area (Å²) >= 11 is 1.55. The summed E-state index contributed by atoms with van der Waals surface area (Å²) < 4.78 is 0. The largest absolute Gasteiger partial charge is 0.356 e. The summed E-state index contributed by atoms with van der Waals surface area (Å²) in [6.07, 6.45) is 2.42. The van der Waals surface area contributed by atoms with Gasteiger partial charge in [-0.2, -0.15) is 0 Å². The molecule has 4 nitrogen and oxygen atoms in total. The van der Waals surface area contributed by atoms with Crippen LogP contribution < -0.4 is 10.6 Å². The van der Waals surface area contributed by atoms with E-state index in [4.69, 9.17) is 0 Å². The van der Waals surface area contributed by atoms with Crippen molar-refractivity contribution in [1.82, 2.24) is 10.6 Å². The molecule has 0 saturated heterocycles. The molecular formula is C15H24N2O2S. The third kappa shape index (κ3) is 5.74. The van der Waals surface area contributed by atoms with Crippen LogP contribution in [-0.4, -0.2) is 18.4 Å². The smallest absolute Gasteiger partial charge is 0.222 e. The van der Waals surface area contributed by atoms with Crippen LogP contribution in [0.15, 0.2) is 17.5 Å². The molecule has 1 aromatic heterocycles. The van der Waals surface area contributed by atoms with Crippen molar-refractivity contribution in [1.29, 1.82) is 0 Å². The molecule has 112 valence electrons. The molecule has 0 bridgehead atoms. The molecule has 1 aromatic rings. The lowest BCUT2D eigenvalue weighted by Crippen LogP contribution is -2.34. The highest BCUT2D eigenvalue weighted by molar-refractivity contribution is 7.10. The summed E-state index contributed by atoms with van der Waals surface area (Å²) in [5.41, 5.74) is 0. The highest BCUT2D eigenvalue weighted by atomic mass is 32.1. The summed E-state index contributed by atoms with van der Waals surface area (Å²) in [5, 5.41) is 7.75. The first-order valence-electron chi connectivity index (χ1n) is 7.14. The molecule has 0 fully saturated rings. The highest BCUT2D eigenvalue weighted by Crippen LogP contribution is 2.22. The van der Waals surface area contributed by atoms with E-state index >= 15 is 0 Å². The zero-order chi connectivity index (χ0) is 15.0. The fourth-order valence-electron chi connectivity index (χ4n) is 2.05. The third-order valence-electron chi connectivity index (χ3n) is 3.40. The van der Waals surface area contributed by atoms with Crippen molar-refractivity contribution < 1.29 is 9.59 Å². The van der Waals surface area contributed by atoms with Crippen LogP contribution in [0.3, 0.4) is 0 Å². The summed E-state index contributed by atoms with van der Waals surface area (Å²) in [7, 11) is 0. The molecule has 0 spiro atoms. The maximum atomic E-state index is 12.0. The van der Waals surface area contributed by atoms with Gasteiger partial charge in [-0.15, -0.1) is 11.3 Å². The van der Waals surface area contributed by atoms with Gasteiger partial charge in [0, 0.05) is 18.3 Å². The Kier molecular flexibility index (Phi) is 7.30. The molecular weight excluding hydrogens is 272 g/mol. The van der Waals surface area contributed by atoms with Gasteiger partial charge in [-0.25, -0.2) is 0 Å². The van der Waals surface area contributed by atoms with Crippen LogP contribution in [0.5, 0.6) is 0 Å². The zero-order valence-corrected chi connectivity index (χ0v) is 13.3. The number of nitrogens with one attached hydrogen (secondary N) is 2. The van der Waals surface area contributed by atoms with Crippen molar-refractivity contribution in [3.8, 4) is 0 Å². The molecule has 20 heavy (non-hydrogen) atoms. The number of rotatable bonds is 8. The summed E-state index contributed by atoms with van der Waals surface area (Å²) in [6, 6.07) is 3.64. The van der Waals surface area contributed by atoms with Crippen molar-refractivity contribution in [2.24, 2.45) is 5.92 Å². The molecule has 0 aliphatic carbocycles. The van der Waals surface area contributed by atoms with E-state index in [1.165, 1.54) is 6.92 Å². The van der Waals surface area contributed by atoms with Crippen LogP contribution in [-0.2, 0) is 9.59 Å². The Balaban J connectivity index is 2.52. The lowest BCUT2D eigenvalue weighted by Gasteiger charge is -2.18. The van der Waals surface area contributed by atoms with Gasteiger partial charge < -0.3 is 10.6 Å². The Labute approximate surface area is 125 Å². The number of carbonyl (C=O) groups is 2. The molecule has 0 radical (unpaired) electrons. The molecule has 0 aliphatic rings. The van der Waals surface area contributed by atoms with E-state index in [1.54, 1.807) is 11.3 Å². The zero-order valence-electron chi connectivity index (χ0n) is 12.4. The van der Waals surface area contributed by atoms with Crippen LogP contribution in [0.4, 0.5) is 0 Å². The molecule has 1 atom stereocenters. The Morgan fingerprint density at radius 1 is 1.30 bits per heavy atom. The maximum absolute atomic E-state index is 12.0. The second kappa shape index (κ2) is 8.74. The second-order valence-corrected chi connectivity index (χ2v) is 5.94. The Morgan fingerprint density at radius 3 is 2.50 bits per heavy atom. The maximum Gasteiger partial charge on any atom is 0.222 e. The third-order valence-corrected chi connectivity index (χ3v) is 4.38. The predicted molar refractivity (Wildman–Crippen MR) is 82.6 cm³/mol. The summed E-state index contributed by atoms with van der Waals surface area (Å²) in [5.74, 6) is 0.403. The van der Waals surface area contributed by atoms with Gasteiger partial charge >= 0.3 is 0 Å². The minimum absolute atomic E-state index is 0.0101. The summed E-state index contributed by atoms with van der Waals surface area (Å²) in [6.45, 7) is 6.45. The molecule has 1 heterocycles. The topological polar surface area (TPSA) is 58.2 Å². The number of hydrogen-bond acceptors (Lipinski definition) is 3. The van der Waals surface area contributed by atoms with Gasteiger partial charge in [-0.1, -0.05) is 32.8 Å². The first-order chi connectivity index (χ1) is 9.56. The number of amides is 2. The van der Waals surface area contributed by atoms with Gasteiger partial charge in [0.1, 0.15) is 0 Å². The van der Waals surface area contributed by atoms with Crippen LogP contribution in [0.25, 0.3) is 0 Å². The van der Waals surface area contributed by atoms with E-state index in [1.807, 2.05) is 17.5 Å². The fraction of sp³-hybridized carbons (Fsp3) is 0.600. The van der Waals surface area contributed by atoms with Gasteiger partial charge in [0.25, 0.3) is 0 Å². The van der Waals surface area contributed by atoms with Crippen molar-refractivity contribution in [2.45, 2.75) is 46.1 Å². The molecule has 0 aromatic carbocycles. The normalized spacial score (nSPS) is 12.2. The molecule has 0 aliphatic heterocycles. The Bertz CT molecular complexity index is 414. The second-order valence-electron chi connectivity index (χ2n) is 4.96. The van der Waals surface area contributed by atoms with Crippen LogP contribution in [0, 0.1) is 5.92 Å². The highest BCUT2D eigenvalue weighted by Gasteiger charge is 2.18. The van der Waals surface area contributed by atoms with Gasteiger partial charge in [0.2, 0.25) is 11.8 Å². The molecule has 1 rings (SSSR count). The SMILES string of the molecule is CCC(CC)CNC(=O)CC(NC(C)=O)c1cccs1. The van der Waals surface area contributed by atoms with E-state index in [2.05, 4.69) is 24.5 Å². The van der Waals surface area contributed by atoms with Gasteiger partial charge in [0.05, 0.1) is 12.5 Å². The standard InChI is InChI=1S/C15H24N2O2S/c1-4-12(5-2)10-16-15(19)9-13(17-11(3)18)14-7-6-8-20-14/h6-8,12-13H,4-5,9-10H2,1-3H3,(H,16,19)(H,17,18). The van der Waals surface area contributed by atoms with Crippen molar-refractivity contribution >= 4 is 23.2 Å². The molecule has 0 saturated carbocycles. The lowest BCUT2D eigenvalue weighted by atomic mass is 10.0. The average Bonchev–Trinajstić information content (AvgIpc) is 2.92. The lowest BCUT2D eigenvalue weighted by molar-refractivity contribution is -0.122. The monoisotopic (exact) mass is 296 g/mol. The first kappa shape index (κ1) is 16.7. The van der Waals surface area contributed by atoms with Crippen LogP contribution in [0.1, 0.15) is 51.0 Å². The first-order valence-corrected chi connectivity index (χ1v) is 8.01. The molecule has 1 unspecified atom stereocenters. The van der Waals surface area contributed by atoms with Crippen molar-refractivity contribution in [3.63, 3.8) is 0 Å². The van der Waals surface area contributed by atoms with Gasteiger partial charge in [0.15, 0.2) is 0 Å². The summed E-state index contributed by atoms with van der Waals surface area (Å²) in [4.78, 5) is 24.3. The molecule has 5 heteroatoms. The number of hydrogen-bond donors (Lipinski definition) is 2. The average molecular weight is 296 g/mol. The van der Waals surface area contributed by atoms with E-state index in [9.17, 15) is 9.59 Å². The minimum atomic E-state index is -0.228. The molecule has 2 amide bonds. The van der Waals surface area contributed by atoms with E-state index < -0.39 is 0 Å². The van der Waals surface area contributed by atoms with Gasteiger partial charge in [-0.05, 0) is 17.4 Å².